The molecule has 2 fully saturated rings. The number of thiol groups is 1. The molecule has 2 aliphatic heterocycles. The summed E-state index contributed by atoms with van der Waals surface area (Å²) in [5.41, 5.74) is 0. The standard InChI is InChI=1S/C12H22O10S/c13-1-3-10(7(16)8(17)11(19)20-3)22-12-9(18)6(15)5(14)4(2-23)21-12/h3-19,23H,1-2H2/t3?,4?,5-,6-,7+,8?,9?,10?,11?,12?/m0/s1. The SMILES string of the molecule is OCC1OC(O)C(O)[C@@H](O)C1OC1OC(CS)[C@H](O)[C@H](O)C1O. The number of hydrogen-bond donors (Lipinski definition) is 8. The fourth-order valence-electron chi connectivity index (χ4n) is 2.57. The third kappa shape index (κ3) is 3.80. The van der Waals surface area contributed by atoms with Crippen molar-refractivity contribution in [3.05, 3.63) is 0 Å². The molecule has 2 rings (SSSR count). The Bertz CT molecular complexity index is 383. The van der Waals surface area contributed by atoms with E-state index in [4.69, 9.17) is 14.2 Å². The van der Waals surface area contributed by atoms with Crippen LogP contribution in [0.2, 0.25) is 0 Å². The first kappa shape index (κ1) is 19.3. The molecule has 10 nitrogen and oxygen atoms in total. The average Bonchev–Trinajstić information content (AvgIpc) is 2.55. The number of aliphatic hydroxyl groups excluding tert-OH is 7. The Morgan fingerprint density at radius 3 is 2.00 bits per heavy atom. The summed E-state index contributed by atoms with van der Waals surface area (Å²) in [5.74, 6) is 0.0271. The van der Waals surface area contributed by atoms with Gasteiger partial charge < -0.3 is 50.0 Å². The predicted octanol–water partition coefficient (Wildman–Crippen LogP) is -4.46. The highest BCUT2D eigenvalue weighted by Gasteiger charge is 2.49. The van der Waals surface area contributed by atoms with Crippen molar-refractivity contribution in [3.63, 3.8) is 0 Å². The fourth-order valence-corrected chi connectivity index (χ4v) is 2.87. The van der Waals surface area contributed by atoms with Crippen molar-refractivity contribution >= 4 is 12.6 Å². The van der Waals surface area contributed by atoms with Crippen molar-refractivity contribution < 1.29 is 50.0 Å². The van der Waals surface area contributed by atoms with Crippen LogP contribution >= 0.6 is 12.6 Å². The van der Waals surface area contributed by atoms with Crippen LogP contribution in [0.3, 0.4) is 0 Å². The van der Waals surface area contributed by atoms with Crippen LogP contribution in [-0.4, -0.2) is 110 Å². The first-order valence-electron chi connectivity index (χ1n) is 7.08. The van der Waals surface area contributed by atoms with Crippen LogP contribution in [0.1, 0.15) is 0 Å². The third-order valence-electron chi connectivity index (χ3n) is 3.98. The van der Waals surface area contributed by atoms with Crippen LogP contribution in [0.5, 0.6) is 0 Å². The Balaban J connectivity index is 2.11. The highest BCUT2D eigenvalue weighted by molar-refractivity contribution is 7.80. The van der Waals surface area contributed by atoms with Gasteiger partial charge in [0, 0.05) is 5.75 Å². The Labute approximate surface area is 137 Å². The lowest BCUT2D eigenvalue weighted by Crippen LogP contribution is -2.64. The minimum absolute atomic E-state index is 0.0271. The molecule has 136 valence electrons. The molecule has 0 amide bonds. The van der Waals surface area contributed by atoms with Crippen molar-refractivity contribution in [2.75, 3.05) is 12.4 Å². The molecule has 0 saturated carbocycles. The summed E-state index contributed by atoms with van der Waals surface area (Å²) in [5, 5.41) is 67.7. The van der Waals surface area contributed by atoms with Crippen molar-refractivity contribution in [2.24, 2.45) is 0 Å². The summed E-state index contributed by atoms with van der Waals surface area (Å²) in [7, 11) is 0. The van der Waals surface area contributed by atoms with Crippen LogP contribution < -0.4 is 0 Å². The van der Waals surface area contributed by atoms with Gasteiger partial charge in [0.05, 0.1) is 12.7 Å². The summed E-state index contributed by atoms with van der Waals surface area (Å²) in [6.45, 7) is -0.643. The maximum atomic E-state index is 9.98. The summed E-state index contributed by atoms with van der Waals surface area (Å²) in [6.07, 6.45) is -14.6. The van der Waals surface area contributed by atoms with E-state index in [-0.39, 0.29) is 5.75 Å². The van der Waals surface area contributed by atoms with E-state index in [1.54, 1.807) is 0 Å². The molecule has 0 bridgehead atoms. The maximum Gasteiger partial charge on any atom is 0.187 e. The van der Waals surface area contributed by atoms with E-state index in [9.17, 15) is 35.7 Å². The second kappa shape index (κ2) is 7.89. The van der Waals surface area contributed by atoms with Gasteiger partial charge in [0.1, 0.15) is 42.7 Å². The Morgan fingerprint density at radius 2 is 1.43 bits per heavy atom. The lowest BCUT2D eigenvalue weighted by molar-refractivity contribution is -0.351. The summed E-state index contributed by atoms with van der Waals surface area (Å²) in [4.78, 5) is 0. The molecule has 0 aromatic rings. The van der Waals surface area contributed by atoms with Gasteiger partial charge >= 0.3 is 0 Å². The maximum absolute atomic E-state index is 9.98. The van der Waals surface area contributed by atoms with Gasteiger partial charge in [-0.05, 0) is 0 Å². The molecule has 10 atom stereocenters. The number of hydrogen-bond acceptors (Lipinski definition) is 11. The minimum atomic E-state index is -1.71. The second-order valence-corrected chi connectivity index (χ2v) is 5.89. The fraction of sp³-hybridized carbons (Fsp3) is 1.00. The first-order valence-corrected chi connectivity index (χ1v) is 7.71. The topological polar surface area (TPSA) is 169 Å². The molecule has 0 aromatic heterocycles. The Morgan fingerprint density at radius 1 is 0.783 bits per heavy atom. The van der Waals surface area contributed by atoms with Crippen LogP contribution in [0.4, 0.5) is 0 Å². The minimum Gasteiger partial charge on any atom is -0.394 e. The first-order chi connectivity index (χ1) is 10.8. The number of aliphatic hydroxyl groups is 7. The van der Waals surface area contributed by atoms with Crippen LogP contribution in [0, 0.1) is 0 Å². The molecular weight excluding hydrogens is 336 g/mol. The summed E-state index contributed by atoms with van der Waals surface area (Å²) < 4.78 is 15.5. The lowest BCUT2D eigenvalue weighted by atomic mass is 9.97. The van der Waals surface area contributed by atoms with Crippen LogP contribution in [-0.2, 0) is 14.2 Å². The van der Waals surface area contributed by atoms with E-state index in [0.29, 0.717) is 0 Å². The van der Waals surface area contributed by atoms with Gasteiger partial charge in [0.15, 0.2) is 12.6 Å². The van der Waals surface area contributed by atoms with E-state index in [2.05, 4.69) is 12.6 Å². The lowest BCUT2D eigenvalue weighted by Gasteiger charge is -2.45. The van der Waals surface area contributed by atoms with Crippen molar-refractivity contribution in [1.82, 2.24) is 0 Å². The highest BCUT2D eigenvalue weighted by Crippen LogP contribution is 2.28. The average molecular weight is 358 g/mol. The summed E-state index contributed by atoms with van der Waals surface area (Å²) >= 11 is 3.96. The zero-order valence-electron chi connectivity index (χ0n) is 12.0. The monoisotopic (exact) mass is 358 g/mol. The van der Waals surface area contributed by atoms with Crippen molar-refractivity contribution in [2.45, 2.75) is 61.4 Å². The second-order valence-electron chi connectivity index (χ2n) is 5.53. The number of rotatable bonds is 4. The molecule has 23 heavy (non-hydrogen) atoms. The molecule has 0 radical (unpaired) electrons. The molecule has 7 N–H and O–H groups in total. The molecule has 2 aliphatic rings. The van der Waals surface area contributed by atoms with E-state index in [0.717, 1.165) is 0 Å². The molecule has 0 spiro atoms. The molecule has 0 aromatic carbocycles. The van der Waals surface area contributed by atoms with Crippen molar-refractivity contribution in [1.29, 1.82) is 0 Å². The smallest absolute Gasteiger partial charge is 0.187 e. The van der Waals surface area contributed by atoms with Gasteiger partial charge in [-0.25, -0.2) is 0 Å². The zero-order valence-corrected chi connectivity index (χ0v) is 12.9. The van der Waals surface area contributed by atoms with Gasteiger partial charge in [-0.2, -0.15) is 12.6 Å². The van der Waals surface area contributed by atoms with Crippen LogP contribution in [0.25, 0.3) is 0 Å². The Kier molecular flexibility index (Phi) is 6.61. The molecule has 2 saturated heterocycles. The predicted molar refractivity (Wildman–Crippen MR) is 75.4 cm³/mol. The van der Waals surface area contributed by atoms with E-state index >= 15 is 0 Å². The van der Waals surface area contributed by atoms with E-state index < -0.39 is 68.0 Å². The summed E-state index contributed by atoms with van der Waals surface area (Å²) in [6, 6.07) is 0. The normalized spacial score (nSPS) is 51.7. The molecule has 0 aliphatic carbocycles. The van der Waals surface area contributed by atoms with Gasteiger partial charge in [0.25, 0.3) is 0 Å². The zero-order chi connectivity index (χ0) is 17.3. The van der Waals surface area contributed by atoms with E-state index in [1.165, 1.54) is 0 Å². The largest absolute Gasteiger partial charge is 0.394 e. The van der Waals surface area contributed by atoms with Gasteiger partial charge in [-0.1, -0.05) is 0 Å². The van der Waals surface area contributed by atoms with Gasteiger partial charge in [-0.3, -0.25) is 0 Å². The molecular formula is C12H22O10S. The molecule has 7 unspecified atom stereocenters. The van der Waals surface area contributed by atoms with Crippen LogP contribution in [0.15, 0.2) is 0 Å². The van der Waals surface area contributed by atoms with Gasteiger partial charge in [-0.15, -0.1) is 0 Å². The third-order valence-corrected chi connectivity index (χ3v) is 4.34. The quantitative estimate of drug-likeness (QED) is 0.229. The van der Waals surface area contributed by atoms with Crippen molar-refractivity contribution in [3.8, 4) is 0 Å². The Hall–Kier alpha value is -0.0500. The molecule has 2 heterocycles. The van der Waals surface area contributed by atoms with E-state index in [1.807, 2.05) is 0 Å². The molecule has 11 heteroatoms. The van der Waals surface area contributed by atoms with Gasteiger partial charge in [0.2, 0.25) is 0 Å². The number of ether oxygens (including phenoxy) is 3. The highest BCUT2D eigenvalue weighted by atomic mass is 32.1.